The van der Waals surface area contributed by atoms with Crippen molar-refractivity contribution in [1.29, 1.82) is 0 Å². The monoisotopic (exact) mass is 324 g/mol. The number of carbonyl (C=O) groups is 1. The highest BCUT2D eigenvalue weighted by Gasteiger charge is 2.29. The molecular formula is C19H20N2O3. The number of rotatable bonds is 4. The van der Waals surface area contributed by atoms with Crippen LogP contribution in [-0.4, -0.2) is 24.8 Å². The van der Waals surface area contributed by atoms with E-state index in [1.807, 2.05) is 56.3 Å². The van der Waals surface area contributed by atoms with Crippen molar-refractivity contribution >= 4 is 17.3 Å². The first kappa shape index (κ1) is 16.1. The molecule has 24 heavy (non-hydrogen) atoms. The lowest BCUT2D eigenvalue weighted by molar-refractivity contribution is -0.125. The second kappa shape index (κ2) is 6.74. The zero-order valence-corrected chi connectivity index (χ0v) is 14.0. The number of nitrogens with zero attached hydrogens (tertiary/aromatic N) is 1. The van der Waals surface area contributed by atoms with Gasteiger partial charge in [-0.05, 0) is 60.9 Å². The van der Waals surface area contributed by atoms with Gasteiger partial charge >= 0.3 is 0 Å². The number of nitrogens with one attached hydrogen (secondary N) is 1. The molecule has 1 heterocycles. The molecule has 124 valence electrons. The Morgan fingerprint density at radius 3 is 2.67 bits per heavy atom. The van der Waals surface area contributed by atoms with E-state index in [1.165, 1.54) is 0 Å². The van der Waals surface area contributed by atoms with Crippen molar-refractivity contribution in [3.05, 3.63) is 59.2 Å². The van der Waals surface area contributed by atoms with Gasteiger partial charge in [-0.1, -0.05) is 17.3 Å². The number of ether oxygens (including phenoxy) is 1. The van der Waals surface area contributed by atoms with E-state index in [0.717, 1.165) is 33.8 Å². The van der Waals surface area contributed by atoms with Crippen molar-refractivity contribution < 1.29 is 14.4 Å². The smallest absolute Gasteiger partial charge is 0.268 e. The standard InChI is InChI=1S/C19H20N2O3/c1-12-5-4-6-16(13(12)2)20-19(22)18-11-17(21-24-18)14-7-9-15(23-3)10-8-14/h4-10,18H,11H2,1-3H3,(H,20,22). The van der Waals surface area contributed by atoms with Gasteiger partial charge in [0.2, 0.25) is 6.10 Å². The number of anilines is 1. The summed E-state index contributed by atoms with van der Waals surface area (Å²) in [6.07, 6.45) is -0.162. The number of benzene rings is 2. The second-order valence-electron chi connectivity index (χ2n) is 5.80. The predicted octanol–water partition coefficient (Wildman–Crippen LogP) is 3.44. The van der Waals surface area contributed by atoms with Crippen LogP contribution < -0.4 is 10.1 Å². The Balaban J connectivity index is 1.65. The molecule has 0 spiro atoms. The van der Waals surface area contributed by atoms with Crippen molar-refractivity contribution in [3.63, 3.8) is 0 Å². The van der Waals surface area contributed by atoms with E-state index in [4.69, 9.17) is 9.57 Å². The SMILES string of the molecule is COc1ccc(C2=NOC(C(=O)Nc3cccc(C)c3C)C2)cc1. The number of amides is 1. The maximum Gasteiger partial charge on any atom is 0.268 e. The van der Waals surface area contributed by atoms with E-state index < -0.39 is 6.10 Å². The van der Waals surface area contributed by atoms with Crippen LogP contribution in [0.15, 0.2) is 47.6 Å². The highest BCUT2D eigenvalue weighted by atomic mass is 16.6. The lowest BCUT2D eigenvalue weighted by Crippen LogP contribution is -2.28. The number of hydrogen-bond donors (Lipinski definition) is 1. The first-order chi connectivity index (χ1) is 11.6. The molecule has 1 atom stereocenters. The summed E-state index contributed by atoms with van der Waals surface area (Å²) in [6.45, 7) is 4.00. The molecule has 0 saturated carbocycles. The highest BCUT2D eigenvalue weighted by molar-refractivity contribution is 6.06. The van der Waals surface area contributed by atoms with Crippen molar-refractivity contribution in [1.82, 2.24) is 0 Å². The number of aryl methyl sites for hydroxylation is 1. The van der Waals surface area contributed by atoms with Crippen LogP contribution in [0.5, 0.6) is 5.75 Å². The maximum absolute atomic E-state index is 12.4. The third-order valence-corrected chi connectivity index (χ3v) is 4.25. The third-order valence-electron chi connectivity index (χ3n) is 4.25. The molecule has 1 amide bonds. The van der Waals surface area contributed by atoms with Gasteiger partial charge in [-0.3, -0.25) is 4.79 Å². The molecule has 1 unspecified atom stereocenters. The fourth-order valence-corrected chi connectivity index (χ4v) is 2.57. The molecule has 0 radical (unpaired) electrons. The summed E-state index contributed by atoms with van der Waals surface area (Å²) in [5.74, 6) is 0.596. The van der Waals surface area contributed by atoms with Crippen LogP contribution in [-0.2, 0) is 9.63 Å². The normalized spacial score (nSPS) is 16.3. The molecule has 1 aliphatic rings. The van der Waals surface area contributed by atoms with Gasteiger partial charge in [0.1, 0.15) is 5.75 Å². The summed E-state index contributed by atoms with van der Waals surface area (Å²) in [6, 6.07) is 13.4. The summed E-state index contributed by atoms with van der Waals surface area (Å²) in [4.78, 5) is 17.8. The van der Waals surface area contributed by atoms with Gasteiger partial charge in [0.05, 0.1) is 12.8 Å². The number of oxime groups is 1. The van der Waals surface area contributed by atoms with Crippen molar-refractivity contribution in [2.75, 3.05) is 12.4 Å². The van der Waals surface area contributed by atoms with Crippen LogP contribution in [0.1, 0.15) is 23.1 Å². The fraction of sp³-hybridized carbons (Fsp3) is 0.263. The van der Waals surface area contributed by atoms with Crippen molar-refractivity contribution in [2.24, 2.45) is 5.16 Å². The van der Waals surface area contributed by atoms with Crippen LogP contribution in [0.2, 0.25) is 0 Å². The minimum atomic E-state index is -0.609. The van der Waals surface area contributed by atoms with Crippen LogP contribution in [0.4, 0.5) is 5.69 Å². The van der Waals surface area contributed by atoms with Gasteiger partial charge in [0, 0.05) is 12.1 Å². The zero-order chi connectivity index (χ0) is 17.1. The number of carbonyl (C=O) groups excluding carboxylic acids is 1. The number of methoxy groups -OCH3 is 1. The van der Waals surface area contributed by atoms with Crippen LogP contribution in [0, 0.1) is 13.8 Å². The summed E-state index contributed by atoms with van der Waals surface area (Å²) in [5.41, 5.74) is 4.69. The lowest BCUT2D eigenvalue weighted by Gasteiger charge is -2.12. The summed E-state index contributed by atoms with van der Waals surface area (Å²) >= 11 is 0. The van der Waals surface area contributed by atoms with Crippen LogP contribution in [0.3, 0.4) is 0 Å². The molecule has 5 heteroatoms. The molecule has 2 aromatic carbocycles. The van der Waals surface area contributed by atoms with E-state index >= 15 is 0 Å². The quantitative estimate of drug-likeness (QED) is 0.937. The van der Waals surface area contributed by atoms with E-state index in [1.54, 1.807) is 7.11 Å². The highest BCUT2D eigenvalue weighted by Crippen LogP contribution is 2.22. The van der Waals surface area contributed by atoms with Crippen molar-refractivity contribution in [2.45, 2.75) is 26.4 Å². The largest absolute Gasteiger partial charge is 0.497 e. The molecule has 3 rings (SSSR count). The molecule has 0 fully saturated rings. The minimum Gasteiger partial charge on any atom is -0.497 e. The van der Waals surface area contributed by atoms with Crippen LogP contribution >= 0.6 is 0 Å². The third kappa shape index (κ3) is 3.25. The van der Waals surface area contributed by atoms with Gasteiger partial charge in [0.25, 0.3) is 5.91 Å². The molecule has 1 aliphatic heterocycles. The molecule has 2 aromatic rings. The van der Waals surface area contributed by atoms with E-state index in [2.05, 4.69) is 10.5 Å². The average molecular weight is 324 g/mol. The summed E-state index contributed by atoms with van der Waals surface area (Å²) in [7, 11) is 1.62. The Bertz CT molecular complexity index is 782. The Kier molecular flexibility index (Phi) is 4.51. The van der Waals surface area contributed by atoms with E-state index in [0.29, 0.717) is 6.42 Å². The number of hydrogen-bond acceptors (Lipinski definition) is 4. The molecule has 0 saturated heterocycles. The summed E-state index contributed by atoms with van der Waals surface area (Å²) in [5, 5.41) is 6.99. The lowest BCUT2D eigenvalue weighted by atomic mass is 10.0. The summed E-state index contributed by atoms with van der Waals surface area (Å²) < 4.78 is 5.14. The maximum atomic E-state index is 12.4. The van der Waals surface area contributed by atoms with E-state index in [9.17, 15) is 4.79 Å². The second-order valence-corrected chi connectivity index (χ2v) is 5.80. The Hall–Kier alpha value is -2.82. The molecular weight excluding hydrogens is 304 g/mol. The van der Waals surface area contributed by atoms with Gasteiger partial charge in [0.15, 0.2) is 0 Å². The molecule has 0 bridgehead atoms. The predicted molar refractivity (Wildman–Crippen MR) is 93.6 cm³/mol. The topological polar surface area (TPSA) is 59.9 Å². The van der Waals surface area contributed by atoms with Crippen LogP contribution in [0.25, 0.3) is 0 Å². The zero-order valence-electron chi connectivity index (χ0n) is 14.0. The van der Waals surface area contributed by atoms with Gasteiger partial charge in [-0.2, -0.15) is 0 Å². The molecule has 1 N–H and O–H groups in total. The Labute approximate surface area is 141 Å². The van der Waals surface area contributed by atoms with Gasteiger partial charge in [-0.15, -0.1) is 0 Å². The van der Waals surface area contributed by atoms with Gasteiger partial charge < -0.3 is 14.9 Å². The first-order valence-electron chi connectivity index (χ1n) is 7.82. The fourth-order valence-electron chi connectivity index (χ4n) is 2.57. The first-order valence-corrected chi connectivity index (χ1v) is 7.82. The Morgan fingerprint density at radius 1 is 1.21 bits per heavy atom. The molecule has 0 aliphatic carbocycles. The average Bonchev–Trinajstić information content (AvgIpc) is 3.09. The Morgan fingerprint density at radius 2 is 1.96 bits per heavy atom. The minimum absolute atomic E-state index is 0.184. The van der Waals surface area contributed by atoms with Gasteiger partial charge in [-0.25, -0.2) is 0 Å². The van der Waals surface area contributed by atoms with E-state index in [-0.39, 0.29) is 5.91 Å². The van der Waals surface area contributed by atoms with Crippen molar-refractivity contribution in [3.8, 4) is 5.75 Å². The molecule has 0 aromatic heterocycles. The molecule has 5 nitrogen and oxygen atoms in total.